The molecular weight excluding hydrogens is 310 g/mol. The zero-order valence-corrected chi connectivity index (χ0v) is 14.4. The molecule has 2 atom stereocenters. The Morgan fingerprint density at radius 3 is 2.78 bits per heavy atom. The summed E-state index contributed by atoms with van der Waals surface area (Å²) in [6.07, 6.45) is 0.931. The van der Waals surface area contributed by atoms with Gasteiger partial charge in [-0.2, -0.15) is 10.5 Å². The molecule has 0 aliphatic carbocycles. The molecule has 5 heteroatoms. The van der Waals surface area contributed by atoms with E-state index in [0.29, 0.717) is 37.6 Å². The van der Waals surface area contributed by atoms with Gasteiger partial charge in [-0.15, -0.1) is 0 Å². The highest BCUT2D eigenvalue weighted by atomic mass is 35.5. The summed E-state index contributed by atoms with van der Waals surface area (Å²) in [5, 5.41) is 18.8. The van der Waals surface area contributed by atoms with Crippen molar-refractivity contribution < 1.29 is 4.74 Å². The summed E-state index contributed by atoms with van der Waals surface area (Å²) in [4.78, 5) is 2.29. The predicted octanol–water partition coefficient (Wildman–Crippen LogP) is 3.94. The quantitative estimate of drug-likeness (QED) is 0.820. The molecule has 2 rings (SSSR count). The van der Waals surface area contributed by atoms with Gasteiger partial charge >= 0.3 is 0 Å². The number of nitriles is 2. The Bertz CT molecular complexity index is 617. The van der Waals surface area contributed by atoms with E-state index >= 15 is 0 Å². The van der Waals surface area contributed by atoms with Crippen LogP contribution in [0.15, 0.2) is 24.3 Å². The van der Waals surface area contributed by atoms with E-state index in [4.69, 9.17) is 21.6 Å². The topological polar surface area (TPSA) is 60.0 Å². The first-order valence-corrected chi connectivity index (χ1v) is 8.23. The molecule has 122 valence electrons. The minimum absolute atomic E-state index is 0.0907. The normalized spacial score (nSPS) is 22.0. The molecule has 0 saturated carbocycles. The third-order valence-corrected chi connectivity index (χ3v) is 4.70. The van der Waals surface area contributed by atoms with Crippen molar-refractivity contribution in [1.29, 1.82) is 10.5 Å². The van der Waals surface area contributed by atoms with Gasteiger partial charge in [0.1, 0.15) is 0 Å². The van der Waals surface area contributed by atoms with Crippen LogP contribution in [0, 0.1) is 28.6 Å². The van der Waals surface area contributed by atoms with E-state index in [2.05, 4.69) is 30.9 Å². The molecule has 0 radical (unpaired) electrons. The molecule has 0 spiro atoms. The monoisotopic (exact) mass is 331 g/mol. The summed E-state index contributed by atoms with van der Waals surface area (Å²) < 4.78 is 6.03. The standard InChI is InChI=1S/C18H22ClN3O/c1-18(2)13-23-17(15-7-3-4-8-16(15)19)12-22(18)11-14(10-21)6-5-9-20/h3-4,7-8,14,17H,5-6,11-13H2,1-2H3/t14-,17-/m1/s1. The summed E-state index contributed by atoms with van der Waals surface area (Å²) in [5.74, 6) is -0.140. The van der Waals surface area contributed by atoms with Crippen LogP contribution in [0.2, 0.25) is 5.02 Å². The van der Waals surface area contributed by atoms with E-state index in [1.807, 2.05) is 24.3 Å². The molecule has 23 heavy (non-hydrogen) atoms. The predicted molar refractivity (Wildman–Crippen MR) is 89.7 cm³/mol. The van der Waals surface area contributed by atoms with Crippen LogP contribution in [0.3, 0.4) is 0 Å². The van der Waals surface area contributed by atoms with Crippen LogP contribution in [0.5, 0.6) is 0 Å². The summed E-state index contributed by atoms with van der Waals surface area (Å²) in [6.45, 7) is 6.17. The number of ether oxygens (including phenoxy) is 1. The van der Waals surface area contributed by atoms with Crippen LogP contribution in [0.25, 0.3) is 0 Å². The average molecular weight is 332 g/mol. The third kappa shape index (κ3) is 4.45. The van der Waals surface area contributed by atoms with Gasteiger partial charge in [-0.25, -0.2) is 0 Å². The van der Waals surface area contributed by atoms with Crippen molar-refractivity contribution >= 4 is 11.6 Å². The second-order valence-corrected chi connectivity index (χ2v) is 6.97. The molecule has 0 bridgehead atoms. The van der Waals surface area contributed by atoms with Crippen LogP contribution in [0.1, 0.15) is 38.4 Å². The fraction of sp³-hybridized carbons (Fsp3) is 0.556. The van der Waals surface area contributed by atoms with Gasteiger partial charge in [0.25, 0.3) is 0 Å². The zero-order valence-electron chi connectivity index (χ0n) is 13.6. The van der Waals surface area contributed by atoms with Crippen LogP contribution in [0.4, 0.5) is 0 Å². The molecule has 1 aromatic rings. The van der Waals surface area contributed by atoms with Gasteiger partial charge in [0.2, 0.25) is 0 Å². The largest absolute Gasteiger partial charge is 0.370 e. The van der Waals surface area contributed by atoms with Crippen LogP contribution < -0.4 is 0 Å². The van der Waals surface area contributed by atoms with E-state index < -0.39 is 0 Å². The molecule has 0 aromatic heterocycles. The smallest absolute Gasteiger partial charge is 0.0967 e. The van der Waals surface area contributed by atoms with Crippen molar-refractivity contribution in [2.75, 3.05) is 19.7 Å². The van der Waals surface area contributed by atoms with E-state index in [-0.39, 0.29) is 17.6 Å². The van der Waals surface area contributed by atoms with Crippen LogP contribution in [-0.4, -0.2) is 30.1 Å². The van der Waals surface area contributed by atoms with Gasteiger partial charge in [0.15, 0.2) is 0 Å². The number of morpholine rings is 1. The minimum atomic E-state index is -0.140. The lowest BCUT2D eigenvalue weighted by atomic mass is 9.95. The van der Waals surface area contributed by atoms with Gasteiger partial charge in [-0.1, -0.05) is 29.8 Å². The van der Waals surface area contributed by atoms with Gasteiger partial charge in [0.05, 0.1) is 30.8 Å². The highest BCUT2D eigenvalue weighted by Gasteiger charge is 2.37. The van der Waals surface area contributed by atoms with E-state index in [1.165, 1.54) is 0 Å². The molecule has 1 saturated heterocycles. The molecule has 0 N–H and O–H groups in total. The molecule has 1 aromatic carbocycles. The first-order chi connectivity index (χ1) is 11.0. The van der Waals surface area contributed by atoms with Gasteiger partial charge < -0.3 is 4.74 Å². The van der Waals surface area contributed by atoms with E-state index in [1.54, 1.807) is 0 Å². The van der Waals surface area contributed by atoms with E-state index in [0.717, 1.165) is 5.56 Å². The molecule has 4 nitrogen and oxygen atoms in total. The van der Waals surface area contributed by atoms with Gasteiger partial charge in [0, 0.05) is 35.6 Å². The number of hydrogen-bond acceptors (Lipinski definition) is 4. The lowest BCUT2D eigenvalue weighted by Gasteiger charge is -2.46. The van der Waals surface area contributed by atoms with Crippen LogP contribution >= 0.6 is 11.6 Å². The van der Waals surface area contributed by atoms with Crippen molar-refractivity contribution in [3.63, 3.8) is 0 Å². The number of halogens is 1. The Morgan fingerprint density at radius 2 is 2.13 bits per heavy atom. The van der Waals surface area contributed by atoms with Crippen molar-refractivity contribution in [1.82, 2.24) is 4.90 Å². The highest BCUT2D eigenvalue weighted by Crippen LogP contribution is 2.34. The Hall–Kier alpha value is -1.59. The first-order valence-electron chi connectivity index (χ1n) is 7.85. The number of hydrogen-bond donors (Lipinski definition) is 0. The number of nitrogens with zero attached hydrogens (tertiary/aromatic N) is 3. The molecule has 0 unspecified atom stereocenters. The highest BCUT2D eigenvalue weighted by molar-refractivity contribution is 6.31. The first kappa shape index (κ1) is 17.8. The lowest BCUT2D eigenvalue weighted by Crippen LogP contribution is -2.55. The Morgan fingerprint density at radius 1 is 1.39 bits per heavy atom. The van der Waals surface area contributed by atoms with Crippen molar-refractivity contribution in [2.45, 2.75) is 38.3 Å². The number of rotatable bonds is 5. The maximum absolute atomic E-state index is 9.34. The summed E-state index contributed by atoms with van der Waals surface area (Å²) >= 11 is 6.29. The fourth-order valence-corrected chi connectivity index (χ4v) is 3.10. The maximum Gasteiger partial charge on any atom is 0.0967 e. The maximum atomic E-state index is 9.34. The molecule has 0 amide bonds. The second kappa shape index (κ2) is 7.79. The summed E-state index contributed by atoms with van der Waals surface area (Å²) in [5.41, 5.74) is 0.847. The minimum Gasteiger partial charge on any atom is -0.370 e. The molecule has 1 aliphatic heterocycles. The summed E-state index contributed by atoms with van der Waals surface area (Å²) in [6, 6.07) is 12.2. The van der Waals surface area contributed by atoms with Crippen molar-refractivity contribution in [3.05, 3.63) is 34.9 Å². The molecular formula is C18H22ClN3O. The van der Waals surface area contributed by atoms with Crippen LogP contribution in [-0.2, 0) is 4.74 Å². The Balaban J connectivity index is 2.12. The summed E-state index contributed by atoms with van der Waals surface area (Å²) in [7, 11) is 0. The molecule has 1 heterocycles. The zero-order chi connectivity index (χ0) is 16.9. The third-order valence-electron chi connectivity index (χ3n) is 4.36. The molecule has 1 aliphatic rings. The average Bonchev–Trinajstić information content (AvgIpc) is 2.53. The van der Waals surface area contributed by atoms with E-state index in [9.17, 15) is 5.26 Å². The van der Waals surface area contributed by atoms with Crippen molar-refractivity contribution in [3.8, 4) is 12.1 Å². The second-order valence-electron chi connectivity index (χ2n) is 6.56. The van der Waals surface area contributed by atoms with Crippen molar-refractivity contribution in [2.24, 2.45) is 5.92 Å². The lowest BCUT2D eigenvalue weighted by molar-refractivity contribution is -0.103. The van der Waals surface area contributed by atoms with Gasteiger partial charge in [-0.3, -0.25) is 4.90 Å². The number of benzene rings is 1. The van der Waals surface area contributed by atoms with Gasteiger partial charge in [-0.05, 0) is 26.3 Å². The molecule has 1 fully saturated rings. The Labute approximate surface area is 143 Å². The fourth-order valence-electron chi connectivity index (χ4n) is 2.84. The SMILES string of the molecule is CC1(C)CO[C@@H](c2ccccc2Cl)CN1C[C@@H](C#N)CCC#N. The Kier molecular flexibility index (Phi) is 6.02.